The van der Waals surface area contributed by atoms with E-state index in [0.29, 0.717) is 13.2 Å². The summed E-state index contributed by atoms with van der Waals surface area (Å²) in [4.78, 5) is 11.6. The van der Waals surface area contributed by atoms with Gasteiger partial charge in [-0.05, 0) is 12.5 Å². The van der Waals surface area contributed by atoms with E-state index in [-0.39, 0.29) is 31.0 Å². The van der Waals surface area contributed by atoms with Gasteiger partial charge in [-0.3, -0.25) is 4.79 Å². The molecule has 1 rings (SSSR count). The number of carbonyl (C=O) groups is 1. The van der Waals surface area contributed by atoms with Crippen LogP contribution in [-0.4, -0.2) is 30.9 Å². The van der Waals surface area contributed by atoms with Crippen molar-refractivity contribution in [3.05, 3.63) is 35.9 Å². The number of ether oxygens (including phenoxy) is 2. The maximum atomic E-state index is 11.6. The number of aliphatic hydroxyl groups excluding tert-OH is 1. The molecule has 106 valence electrons. The van der Waals surface area contributed by atoms with Crippen LogP contribution in [0, 0.1) is 11.8 Å². The first kappa shape index (κ1) is 15.7. The van der Waals surface area contributed by atoms with E-state index in [9.17, 15) is 4.79 Å². The van der Waals surface area contributed by atoms with E-state index in [0.717, 1.165) is 5.56 Å². The summed E-state index contributed by atoms with van der Waals surface area (Å²) in [6.07, 6.45) is 0. The molecule has 0 amide bonds. The van der Waals surface area contributed by atoms with E-state index in [1.54, 1.807) is 6.92 Å². The molecule has 4 heteroatoms. The molecule has 0 unspecified atom stereocenters. The fraction of sp³-hybridized carbons (Fsp3) is 0.533. The molecule has 0 bridgehead atoms. The lowest BCUT2D eigenvalue weighted by Crippen LogP contribution is -2.23. The lowest BCUT2D eigenvalue weighted by Gasteiger charge is -2.14. The lowest BCUT2D eigenvalue weighted by atomic mass is 10.2. The van der Waals surface area contributed by atoms with E-state index >= 15 is 0 Å². The van der Waals surface area contributed by atoms with Gasteiger partial charge < -0.3 is 14.6 Å². The zero-order valence-corrected chi connectivity index (χ0v) is 11.5. The monoisotopic (exact) mass is 266 g/mol. The molecule has 0 saturated carbocycles. The Bertz CT molecular complexity index is 364. The van der Waals surface area contributed by atoms with Gasteiger partial charge in [0.15, 0.2) is 0 Å². The van der Waals surface area contributed by atoms with Crippen molar-refractivity contribution >= 4 is 5.97 Å². The van der Waals surface area contributed by atoms with Crippen molar-refractivity contribution in [1.82, 2.24) is 0 Å². The Balaban J connectivity index is 2.19. The van der Waals surface area contributed by atoms with Gasteiger partial charge in [-0.25, -0.2) is 0 Å². The number of hydrogen-bond acceptors (Lipinski definition) is 4. The summed E-state index contributed by atoms with van der Waals surface area (Å²) >= 11 is 0. The Labute approximate surface area is 114 Å². The minimum Gasteiger partial charge on any atom is -0.465 e. The van der Waals surface area contributed by atoms with Gasteiger partial charge in [0.2, 0.25) is 0 Å². The summed E-state index contributed by atoms with van der Waals surface area (Å²) in [7, 11) is 0. The highest BCUT2D eigenvalue weighted by molar-refractivity contribution is 5.72. The molecule has 0 aliphatic rings. The minimum atomic E-state index is -0.297. The maximum Gasteiger partial charge on any atom is 0.311 e. The third-order valence-electron chi connectivity index (χ3n) is 2.70. The predicted octanol–water partition coefficient (Wildman–Crippen LogP) is 2.01. The molecule has 0 aliphatic carbocycles. The molecule has 0 aliphatic heterocycles. The Kier molecular flexibility index (Phi) is 7.15. The van der Waals surface area contributed by atoms with Crippen LogP contribution in [0.1, 0.15) is 19.4 Å². The Morgan fingerprint density at radius 1 is 1.21 bits per heavy atom. The van der Waals surface area contributed by atoms with Crippen LogP contribution in [0.25, 0.3) is 0 Å². The summed E-state index contributed by atoms with van der Waals surface area (Å²) in [6, 6.07) is 9.81. The fourth-order valence-electron chi connectivity index (χ4n) is 1.42. The van der Waals surface area contributed by atoms with Gasteiger partial charge in [0.25, 0.3) is 0 Å². The average molecular weight is 266 g/mol. The van der Waals surface area contributed by atoms with Crippen LogP contribution in [0.5, 0.6) is 0 Å². The zero-order valence-electron chi connectivity index (χ0n) is 11.5. The highest BCUT2D eigenvalue weighted by Crippen LogP contribution is 2.06. The zero-order chi connectivity index (χ0) is 14.1. The lowest BCUT2D eigenvalue weighted by molar-refractivity contribution is -0.151. The Morgan fingerprint density at radius 3 is 2.53 bits per heavy atom. The number of benzene rings is 1. The van der Waals surface area contributed by atoms with Crippen molar-refractivity contribution in [3.8, 4) is 0 Å². The van der Waals surface area contributed by atoms with Gasteiger partial charge in [-0.2, -0.15) is 0 Å². The standard InChI is InChI=1S/C15H22O4/c1-12(8-16)9-19-15(17)13(2)10-18-11-14-6-4-3-5-7-14/h3-7,12-13,16H,8-11H2,1-2H3/t12-,13+/m0/s1. The highest BCUT2D eigenvalue weighted by atomic mass is 16.5. The smallest absolute Gasteiger partial charge is 0.311 e. The topological polar surface area (TPSA) is 55.8 Å². The van der Waals surface area contributed by atoms with Gasteiger partial charge in [-0.15, -0.1) is 0 Å². The van der Waals surface area contributed by atoms with Gasteiger partial charge in [0.1, 0.15) is 0 Å². The van der Waals surface area contributed by atoms with Crippen LogP contribution in [0.3, 0.4) is 0 Å². The third-order valence-corrected chi connectivity index (χ3v) is 2.70. The molecule has 4 nitrogen and oxygen atoms in total. The van der Waals surface area contributed by atoms with Crippen LogP contribution in [0.4, 0.5) is 0 Å². The number of rotatable bonds is 8. The molecular weight excluding hydrogens is 244 g/mol. The van der Waals surface area contributed by atoms with E-state index in [1.165, 1.54) is 0 Å². The second-order valence-electron chi connectivity index (χ2n) is 4.82. The maximum absolute atomic E-state index is 11.6. The molecule has 0 aromatic heterocycles. The van der Waals surface area contributed by atoms with Gasteiger partial charge in [0.05, 0.1) is 25.7 Å². The molecule has 19 heavy (non-hydrogen) atoms. The summed E-state index contributed by atoms with van der Waals surface area (Å²) in [5.41, 5.74) is 1.08. The fourth-order valence-corrected chi connectivity index (χ4v) is 1.42. The van der Waals surface area contributed by atoms with Crippen LogP contribution in [-0.2, 0) is 20.9 Å². The molecule has 0 spiro atoms. The van der Waals surface area contributed by atoms with E-state index in [1.807, 2.05) is 37.3 Å². The summed E-state index contributed by atoms with van der Waals surface area (Å²) < 4.78 is 10.6. The first-order valence-corrected chi connectivity index (χ1v) is 6.52. The first-order chi connectivity index (χ1) is 9.13. The van der Waals surface area contributed by atoms with E-state index < -0.39 is 0 Å². The van der Waals surface area contributed by atoms with Gasteiger partial charge >= 0.3 is 5.97 Å². The van der Waals surface area contributed by atoms with Crippen molar-refractivity contribution in [2.75, 3.05) is 19.8 Å². The number of hydrogen-bond donors (Lipinski definition) is 1. The van der Waals surface area contributed by atoms with E-state index in [2.05, 4.69) is 0 Å². The molecule has 1 aromatic rings. The molecule has 0 radical (unpaired) electrons. The minimum absolute atomic E-state index is 0.0200. The molecule has 0 fully saturated rings. The number of carbonyl (C=O) groups excluding carboxylic acids is 1. The predicted molar refractivity (Wildman–Crippen MR) is 72.5 cm³/mol. The molecule has 1 aromatic carbocycles. The van der Waals surface area contributed by atoms with Crippen LogP contribution < -0.4 is 0 Å². The van der Waals surface area contributed by atoms with Crippen LogP contribution >= 0.6 is 0 Å². The Hall–Kier alpha value is -1.39. The molecule has 2 atom stereocenters. The number of esters is 1. The molecule has 0 heterocycles. The second-order valence-corrected chi connectivity index (χ2v) is 4.82. The van der Waals surface area contributed by atoms with Crippen molar-refractivity contribution in [2.24, 2.45) is 11.8 Å². The largest absolute Gasteiger partial charge is 0.465 e. The molecule has 1 N–H and O–H groups in total. The normalized spacial score (nSPS) is 13.8. The SMILES string of the molecule is C[C@@H](CO)COC(=O)[C@H](C)COCc1ccccc1. The first-order valence-electron chi connectivity index (χ1n) is 6.52. The second kappa shape index (κ2) is 8.67. The van der Waals surface area contributed by atoms with Crippen LogP contribution in [0.15, 0.2) is 30.3 Å². The average Bonchev–Trinajstić information content (AvgIpc) is 2.45. The van der Waals surface area contributed by atoms with E-state index in [4.69, 9.17) is 14.6 Å². The van der Waals surface area contributed by atoms with Gasteiger partial charge in [0, 0.05) is 12.5 Å². The molecule has 0 saturated heterocycles. The van der Waals surface area contributed by atoms with Crippen LogP contribution in [0.2, 0.25) is 0 Å². The number of aliphatic hydroxyl groups is 1. The van der Waals surface area contributed by atoms with Crippen molar-refractivity contribution < 1.29 is 19.4 Å². The summed E-state index contributed by atoms with van der Waals surface area (Å²) in [6.45, 7) is 4.69. The summed E-state index contributed by atoms with van der Waals surface area (Å²) in [5.74, 6) is -0.607. The quantitative estimate of drug-likeness (QED) is 0.731. The molecular formula is C15H22O4. The van der Waals surface area contributed by atoms with Crippen molar-refractivity contribution in [2.45, 2.75) is 20.5 Å². The van der Waals surface area contributed by atoms with Crippen molar-refractivity contribution in [1.29, 1.82) is 0 Å². The van der Waals surface area contributed by atoms with Gasteiger partial charge in [-0.1, -0.05) is 37.3 Å². The summed E-state index contributed by atoms with van der Waals surface area (Å²) in [5, 5.41) is 8.84. The Morgan fingerprint density at radius 2 is 1.89 bits per heavy atom. The third kappa shape index (κ3) is 6.36. The highest BCUT2D eigenvalue weighted by Gasteiger charge is 2.15. The van der Waals surface area contributed by atoms with Crippen molar-refractivity contribution in [3.63, 3.8) is 0 Å².